The van der Waals surface area contributed by atoms with Crippen molar-refractivity contribution in [3.05, 3.63) is 0 Å². The average Bonchev–Trinajstić information content (AvgIpc) is 2.65. The summed E-state index contributed by atoms with van der Waals surface area (Å²) in [5, 5.41) is 18.5. The Labute approximate surface area is 239 Å². The van der Waals surface area contributed by atoms with E-state index in [-0.39, 0.29) is 75.3 Å². The second-order valence-corrected chi connectivity index (χ2v) is 7.92. The number of carboxylic acid groups (broad SMARTS) is 2. The third kappa shape index (κ3) is 40.0. The van der Waals surface area contributed by atoms with E-state index in [4.69, 9.17) is 5.11 Å². The van der Waals surface area contributed by atoms with E-state index in [2.05, 4.69) is 13.8 Å². The van der Waals surface area contributed by atoms with Gasteiger partial charge in [0.2, 0.25) is 0 Å². The molecule has 0 saturated heterocycles. The van der Waals surface area contributed by atoms with Crippen LogP contribution >= 0.6 is 0 Å². The minimum Gasteiger partial charge on any atom is -0.550 e. The first-order chi connectivity index (χ1) is 13.5. The molecule has 0 amide bonds. The van der Waals surface area contributed by atoms with Crippen LogP contribution in [0.2, 0.25) is 0 Å². The summed E-state index contributed by atoms with van der Waals surface area (Å²) in [6, 6.07) is 0. The first-order valence-corrected chi connectivity index (χ1v) is 12.0. The summed E-state index contributed by atoms with van der Waals surface area (Å²) >= 11 is 0. The van der Waals surface area contributed by atoms with Crippen LogP contribution in [0.4, 0.5) is 0 Å². The fraction of sp³-hybridized carbons (Fsp3) is 0.917. The molecule has 0 bridgehead atoms. The largest absolute Gasteiger partial charge is 1.00 e. The van der Waals surface area contributed by atoms with Gasteiger partial charge in [0.25, 0.3) is 0 Å². The van der Waals surface area contributed by atoms with Crippen molar-refractivity contribution in [3.8, 4) is 0 Å². The number of unbranched alkanes of at least 4 members (excludes halogenated alkanes) is 16. The summed E-state index contributed by atoms with van der Waals surface area (Å²) in [5.74, 6) is -1.57. The van der Waals surface area contributed by atoms with Crippen LogP contribution in [0, 0.1) is 0 Å². The van der Waals surface area contributed by atoms with E-state index < -0.39 is 11.9 Å². The molecule has 0 aliphatic carbocycles. The number of hydrogen-bond acceptors (Lipinski definition) is 3. The molecule has 0 fully saturated rings. The molecule has 0 radical (unpaired) electrons. The smallest absolute Gasteiger partial charge is 0.550 e. The Bertz CT molecular complexity index is 303. The summed E-state index contributed by atoms with van der Waals surface area (Å²) in [6.07, 6.45) is 22.6. The van der Waals surface area contributed by atoms with Crippen LogP contribution in [0.3, 0.4) is 0 Å². The second kappa shape index (κ2) is 31.2. The molecule has 0 spiro atoms. The topological polar surface area (TPSA) is 77.4 Å². The van der Waals surface area contributed by atoms with E-state index in [1.165, 1.54) is 89.9 Å². The van der Waals surface area contributed by atoms with Crippen molar-refractivity contribution in [1.29, 1.82) is 0 Å². The molecule has 0 unspecified atom stereocenters. The van der Waals surface area contributed by atoms with Crippen LogP contribution < -0.4 is 74.0 Å². The van der Waals surface area contributed by atoms with Crippen LogP contribution in [-0.2, 0) is 9.59 Å². The van der Waals surface area contributed by atoms with Gasteiger partial charge in [0, 0.05) is 12.4 Å². The quantitative estimate of drug-likeness (QED) is 0.243. The summed E-state index contributed by atoms with van der Waals surface area (Å²) in [5.41, 5.74) is 0. The van der Waals surface area contributed by atoms with Crippen molar-refractivity contribution in [2.75, 3.05) is 0 Å². The molecular weight excluding hydrogens is 485 g/mol. The van der Waals surface area contributed by atoms with Crippen molar-refractivity contribution in [2.24, 2.45) is 0 Å². The standard InChI is InChI=1S/2C12H24O2.Cs/c2*1-2-3-4-5-6-7-8-9-10-11-12(13)14;/h2*2-11H2,1H3,(H,13,14);/q;;+1/p-1. The SMILES string of the molecule is CCCCCCCCCCCC(=O)O.CCCCCCCCCCCC(=O)[O-].[Cs+]. The Hall–Kier alpha value is 0.992. The maximum Gasteiger partial charge on any atom is 1.00 e. The molecule has 29 heavy (non-hydrogen) atoms. The molecule has 0 aliphatic rings. The number of rotatable bonds is 20. The van der Waals surface area contributed by atoms with E-state index in [9.17, 15) is 14.7 Å². The van der Waals surface area contributed by atoms with Gasteiger partial charge in [0.05, 0.1) is 0 Å². The zero-order chi connectivity index (χ0) is 21.3. The fourth-order valence-electron chi connectivity index (χ4n) is 3.17. The third-order valence-corrected chi connectivity index (χ3v) is 4.98. The number of carbonyl (C=O) groups is 2. The van der Waals surface area contributed by atoms with Crippen LogP contribution in [0.5, 0.6) is 0 Å². The average molecular weight is 533 g/mol. The molecule has 0 aromatic carbocycles. The summed E-state index contributed by atoms with van der Waals surface area (Å²) in [6.45, 7) is 4.45. The Morgan fingerprint density at radius 3 is 1.10 bits per heavy atom. The van der Waals surface area contributed by atoms with Crippen molar-refractivity contribution >= 4 is 11.9 Å². The predicted octanol–water partition coefficient (Wildman–Crippen LogP) is 3.65. The van der Waals surface area contributed by atoms with Crippen LogP contribution in [0.25, 0.3) is 0 Å². The summed E-state index contributed by atoms with van der Waals surface area (Å²) < 4.78 is 0. The Balaban J connectivity index is -0.000000451. The number of carboxylic acids is 2. The van der Waals surface area contributed by atoms with Gasteiger partial charge >= 0.3 is 74.9 Å². The van der Waals surface area contributed by atoms with Gasteiger partial charge in [-0.1, -0.05) is 117 Å². The minimum atomic E-state index is -0.909. The zero-order valence-corrected chi connectivity index (χ0v) is 26.1. The van der Waals surface area contributed by atoms with Crippen LogP contribution in [0.15, 0.2) is 0 Å². The van der Waals surface area contributed by atoms with Gasteiger partial charge in [-0.25, -0.2) is 0 Å². The van der Waals surface area contributed by atoms with Crippen molar-refractivity contribution in [2.45, 2.75) is 142 Å². The first-order valence-electron chi connectivity index (χ1n) is 12.0. The van der Waals surface area contributed by atoms with Gasteiger partial charge in [-0.15, -0.1) is 0 Å². The maximum atomic E-state index is 10.2. The van der Waals surface area contributed by atoms with Gasteiger partial charge in [-0.3, -0.25) is 4.79 Å². The molecule has 5 heteroatoms. The zero-order valence-electron chi connectivity index (χ0n) is 19.8. The van der Waals surface area contributed by atoms with Gasteiger partial charge in [0.1, 0.15) is 0 Å². The Morgan fingerprint density at radius 2 is 0.828 bits per heavy atom. The van der Waals surface area contributed by atoms with Gasteiger partial charge in [-0.2, -0.15) is 0 Å². The molecule has 0 rings (SSSR count). The molecule has 1 N–H and O–H groups in total. The summed E-state index contributed by atoms with van der Waals surface area (Å²) in [4.78, 5) is 20.3. The fourth-order valence-corrected chi connectivity index (χ4v) is 3.17. The van der Waals surface area contributed by atoms with Crippen molar-refractivity contribution in [1.82, 2.24) is 0 Å². The predicted molar refractivity (Wildman–Crippen MR) is 116 cm³/mol. The number of carbonyl (C=O) groups excluding carboxylic acids is 1. The van der Waals surface area contributed by atoms with Gasteiger partial charge < -0.3 is 15.0 Å². The normalized spacial score (nSPS) is 10.0. The molecule has 0 atom stereocenters. The first kappa shape index (κ1) is 34.6. The van der Waals surface area contributed by atoms with Crippen LogP contribution in [0.1, 0.15) is 142 Å². The van der Waals surface area contributed by atoms with Gasteiger partial charge in [0.15, 0.2) is 0 Å². The summed E-state index contributed by atoms with van der Waals surface area (Å²) in [7, 11) is 0. The molecule has 0 aliphatic heterocycles. The van der Waals surface area contributed by atoms with E-state index in [0.717, 1.165) is 25.7 Å². The van der Waals surface area contributed by atoms with Gasteiger partial charge in [-0.05, 0) is 19.3 Å². The molecular formula is C24H47CsO4. The Kier molecular flexibility index (Phi) is 37.2. The molecule has 0 heterocycles. The number of aliphatic carboxylic acids is 2. The van der Waals surface area contributed by atoms with Crippen molar-refractivity contribution in [3.63, 3.8) is 0 Å². The van der Waals surface area contributed by atoms with E-state index in [1.54, 1.807) is 0 Å². The monoisotopic (exact) mass is 532 g/mol. The molecule has 168 valence electrons. The minimum absolute atomic E-state index is 0. The molecule has 0 saturated carbocycles. The Morgan fingerprint density at radius 1 is 0.552 bits per heavy atom. The van der Waals surface area contributed by atoms with E-state index >= 15 is 0 Å². The third-order valence-electron chi connectivity index (χ3n) is 4.98. The van der Waals surface area contributed by atoms with Crippen molar-refractivity contribution < 1.29 is 88.7 Å². The van der Waals surface area contributed by atoms with Crippen LogP contribution in [-0.4, -0.2) is 17.0 Å². The molecule has 0 aromatic rings. The molecule has 4 nitrogen and oxygen atoms in total. The van der Waals surface area contributed by atoms with E-state index in [0.29, 0.717) is 6.42 Å². The van der Waals surface area contributed by atoms with E-state index in [1.807, 2.05) is 0 Å². The maximum absolute atomic E-state index is 10.2. The number of hydrogen-bond donors (Lipinski definition) is 1. The second-order valence-electron chi connectivity index (χ2n) is 7.92. The molecule has 0 aromatic heterocycles.